The Morgan fingerprint density at radius 1 is 1.43 bits per heavy atom. The number of ether oxygens (including phenoxy) is 1. The minimum Gasteiger partial charge on any atom is -0.391 e. The van der Waals surface area contributed by atoms with Crippen molar-refractivity contribution in [2.75, 3.05) is 12.5 Å². The van der Waals surface area contributed by atoms with Crippen molar-refractivity contribution in [3.8, 4) is 0 Å². The fourth-order valence-corrected chi connectivity index (χ4v) is 3.20. The number of aliphatic hydroxyl groups is 1. The summed E-state index contributed by atoms with van der Waals surface area (Å²) in [7, 11) is 0. The zero-order chi connectivity index (χ0) is 11.4. The molecular formula is C10H20ClIO2. The van der Waals surface area contributed by atoms with E-state index in [-0.39, 0.29) is 14.9 Å². The van der Waals surface area contributed by atoms with Gasteiger partial charge in [-0.1, -0.05) is 13.8 Å². The summed E-state index contributed by atoms with van der Waals surface area (Å²) in [5.74, 6) is 0.270. The Bertz CT molecular complexity index is 172. The second kappa shape index (κ2) is 5.87. The molecule has 0 aromatic heterocycles. The van der Waals surface area contributed by atoms with Crippen LogP contribution in [0.2, 0.25) is 0 Å². The highest BCUT2D eigenvalue weighted by Gasteiger charge is 2.35. The maximum Gasteiger partial charge on any atom is 0.116 e. The fourth-order valence-electron chi connectivity index (χ4n) is 1.49. The quantitative estimate of drug-likeness (QED) is 0.597. The molecular weight excluding hydrogens is 314 g/mol. The normalized spacial score (nSPS) is 19.1. The van der Waals surface area contributed by atoms with Crippen LogP contribution in [0.4, 0.5) is 0 Å². The molecule has 0 rings (SSSR count). The Balaban J connectivity index is 4.33. The Labute approximate surface area is 105 Å². The summed E-state index contributed by atoms with van der Waals surface area (Å²) in [6, 6.07) is 0. The zero-order valence-corrected chi connectivity index (χ0v) is 12.2. The summed E-state index contributed by atoms with van der Waals surface area (Å²) in [6.07, 6.45) is 0.293. The standard InChI is InChI=1S/C10H20ClIO2/c1-5-14-10(4,12)7-9(2,3)8(13)6-11/h8,13H,5-7H2,1-4H3/t8?,10-/m1/s1. The van der Waals surface area contributed by atoms with E-state index in [1.54, 1.807) is 0 Å². The number of alkyl halides is 2. The molecule has 0 aliphatic carbocycles. The van der Waals surface area contributed by atoms with E-state index in [4.69, 9.17) is 16.3 Å². The number of hydrogen-bond donors (Lipinski definition) is 1. The second-order valence-electron chi connectivity index (χ2n) is 4.37. The van der Waals surface area contributed by atoms with Gasteiger partial charge in [0.25, 0.3) is 0 Å². The number of hydrogen-bond acceptors (Lipinski definition) is 2. The summed E-state index contributed by atoms with van der Waals surface area (Å²) in [5.41, 5.74) is -0.215. The van der Waals surface area contributed by atoms with Crippen LogP contribution in [0.25, 0.3) is 0 Å². The van der Waals surface area contributed by atoms with Crippen LogP contribution in [0.15, 0.2) is 0 Å². The van der Waals surface area contributed by atoms with Crippen LogP contribution in [0.3, 0.4) is 0 Å². The number of aliphatic hydroxyl groups excluding tert-OH is 1. The average Bonchev–Trinajstić information content (AvgIpc) is 2.00. The molecule has 86 valence electrons. The molecule has 0 aromatic carbocycles. The number of halogens is 2. The van der Waals surface area contributed by atoms with E-state index in [0.29, 0.717) is 6.61 Å². The molecule has 0 bridgehead atoms. The Kier molecular flexibility index (Phi) is 6.26. The Morgan fingerprint density at radius 2 is 1.93 bits per heavy atom. The molecule has 1 unspecified atom stereocenters. The van der Waals surface area contributed by atoms with Gasteiger partial charge >= 0.3 is 0 Å². The smallest absolute Gasteiger partial charge is 0.116 e. The van der Waals surface area contributed by atoms with Gasteiger partial charge in [0.1, 0.15) is 3.61 Å². The van der Waals surface area contributed by atoms with Crippen LogP contribution in [0, 0.1) is 5.41 Å². The third-order valence-corrected chi connectivity index (χ3v) is 3.25. The van der Waals surface area contributed by atoms with E-state index >= 15 is 0 Å². The van der Waals surface area contributed by atoms with Crippen LogP contribution in [-0.4, -0.2) is 27.3 Å². The van der Waals surface area contributed by atoms with Crippen molar-refractivity contribution in [3.05, 3.63) is 0 Å². The molecule has 0 fully saturated rings. The van der Waals surface area contributed by atoms with Crippen molar-refractivity contribution in [3.63, 3.8) is 0 Å². The maximum atomic E-state index is 9.73. The lowest BCUT2D eigenvalue weighted by Gasteiger charge is -2.36. The highest BCUT2D eigenvalue weighted by molar-refractivity contribution is 14.1. The fraction of sp³-hybridized carbons (Fsp3) is 1.00. The first-order valence-corrected chi connectivity index (χ1v) is 6.43. The molecule has 0 aliphatic heterocycles. The minimum absolute atomic E-state index is 0.215. The van der Waals surface area contributed by atoms with Gasteiger partial charge < -0.3 is 9.84 Å². The first kappa shape index (κ1) is 14.9. The van der Waals surface area contributed by atoms with E-state index < -0.39 is 6.10 Å². The van der Waals surface area contributed by atoms with Gasteiger partial charge in [0.2, 0.25) is 0 Å². The van der Waals surface area contributed by atoms with Crippen molar-refractivity contribution >= 4 is 34.2 Å². The molecule has 0 aromatic rings. The Hall–Kier alpha value is 0.940. The first-order chi connectivity index (χ1) is 6.25. The highest BCUT2D eigenvalue weighted by atomic mass is 127. The molecule has 4 heteroatoms. The molecule has 0 spiro atoms. The lowest BCUT2D eigenvalue weighted by molar-refractivity contribution is -0.0123. The van der Waals surface area contributed by atoms with Gasteiger partial charge in [-0.2, -0.15) is 0 Å². The molecule has 1 N–H and O–H groups in total. The van der Waals surface area contributed by atoms with E-state index in [0.717, 1.165) is 6.42 Å². The Morgan fingerprint density at radius 3 is 2.29 bits per heavy atom. The second-order valence-corrected chi connectivity index (χ2v) is 6.96. The molecule has 2 atom stereocenters. The van der Waals surface area contributed by atoms with Crippen molar-refractivity contribution in [2.45, 2.75) is 43.8 Å². The average molecular weight is 335 g/mol. The van der Waals surface area contributed by atoms with Gasteiger partial charge in [-0.05, 0) is 48.3 Å². The largest absolute Gasteiger partial charge is 0.391 e. The lowest BCUT2D eigenvalue weighted by atomic mass is 9.82. The summed E-state index contributed by atoms with van der Waals surface area (Å²) in [5, 5.41) is 9.73. The van der Waals surface area contributed by atoms with Crippen molar-refractivity contribution in [1.82, 2.24) is 0 Å². The summed E-state index contributed by atoms with van der Waals surface area (Å²) in [4.78, 5) is 0. The lowest BCUT2D eigenvalue weighted by Crippen LogP contribution is -2.37. The van der Waals surface area contributed by atoms with E-state index in [9.17, 15) is 5.11 Å². The van der Waals surface area contributed by atoms with Gasteiger partial charge in [-0.3, -0.25) is 0 Å². The van der Waals surface area contributed by atoms with Crippen molar-refractivity contribution in [2.24, 2.45) is 5.41 Å². The molecule has 0 saturated carbocycles. The van der Waals surface area contributed by atoms with Gasteiger partial charge in [-0.15, -0.1) is 11.6 Å². The van der Waals surface area contributed by atoms with Gasteiger partial charge in [-0.25, -0.2) is 0 Å². The highest BCUT2D eigenvalue weighted by Crippen LogP contribution is 2.37. The minimum atomic E-state index is -0.487. The third-order valence-electron chi connectivity index (χ3n) is 2.26. The third kappa shape index (κ3) is 5.14. The molecule has 0 amide bonds. The van der Waals surface area contributed by atoms with Crippen LogP contribution >= 0.6 is 34.2 Å². The maximum absolute atomic E-state index is 9.73. The summed E-state index contributed by atoms with van der Waals surface area (Å²) < 4.78 is 5.36. The molecule has 0 radical (unpaired) electrons. The van der Waals surface area contributed by atoms with Crippen LogP contribution < -0.4 is 0 Å². The predicted molar refractivity (Wildman–Crippen MR) is 69.2 cm³/mol. The van der Waals surface area contributed by atoms with E-state index in [1.165, 1.54) is 0 Å². The van der Waals surface area contributed by atoms with E-state index in [2.05, 4.69) is 22.6 Å². The van der Waals surface area contributed by atoms with Crippen LogP contribution in [-0.2, 0) is 4.74 Å². The predicted octanol–water partition coefficient (Wildman–Crippen LogP) is 3.19. The van der Waals surface area contributed by atoms with Crippen molar-refractivity contribution < 1.29 is 9.84 Å². The number of rotatable bonds is 6. The van der Waals surface area contributed by atoms with Gasteiger partial charge in [0.15, 0.2) is 0 Å². The molecule has 0 saturated heterocycles. The molecule has 0 heterocycles. The van der Waals surface area contributed by atoms with E-state index in [1.807, 2.05) is 27.7 Å². The summed E-state index contributed by atoms with van der Waals surface area (Å²) >= 11 is 7.92. The SMILES string of the molecule is CCO[C@@](C)(I)CC(C)(C)C(O)CCl. The molecule has 14 heavy (non-hydrogen) atoms. The topological polar surface area (TPSA) is 29.5 Å². The molecule has 2 nitrogen and oxygen atoms in total. The van der Waals surface area contributed by atoms with Gasteiger partial charge in [0.05, 0.1) is 6.10 Å². The van der Waals surface area contributed by atoms with Gasteiger partial charge in [0, 0.05) is 12.5 Å². The first-order valence-electron chi connectivity index (χ1n) is 4.82. The zero-order valence-electron chi connectivity index (χ0n) is 9.31. The van der Waals surface area contributed by atoms with Crippen molar-refractivity contribution in [1.29, 1.82) is 0 Å². The molecule has 0 aliphatic rings. The van der Waals surface area contributed by atoms with Crippen LogP contribution in [0.5, 0.6) is 0 Å². The van der Waals surface area contributed by atoms with Crippen LogP contribution in [0.1, 0.15) is 34.1 Å². The monoisotopic (exact) mass is 334 g/mol. The summed E-state index contributed by atoms with van der Waals surface area (Å²) in [6.45, 7) is 8.71.